The number of ether oxygens (including phenoxy) is 1. The van der Waals surface area contributed by atoms with Crippen LogP contribution < -0.4 is 5.32 Å². The number of rotatable bonds is 6. The van der Waals surface area contributed by atoms with Crippen LogP contribution in [-0.4, -0.2) is 46.8 Å². The van der Waals surface area contributed by atoms with E-state index < -0.39 is 17.9 Å². The van der Waals surface area contributed by atoms with E-state index in [9.17, 15) is 14.7 Å². The lowest BCUT2D eigenvalue weighted by atomic mass is 10.2. The molecule has 0 saturated carbocycles. The maximum Gasteiger partial charge on any atom is 0.326 e. The van der Waals surface area contributed by atoms with Gasteiger partial charge in [-0.3, -0.25) is 9.78 Å². The number of hydrogen-bond acceptors (Lipinski definition) is 5. The van der Waals surface area contributed by atoms with Gasteiger partial charge in [-0.1, -0.05) is 0 Å². The summed E-state index contributed by atoms with van der Waals surface area (Å²) in [6, 6.07) is 0.241. The molecule has 1 unspecified atom stereocenters. The van der Waals surface area contributed by atoms with Crippen LogP contribution in [-0.2, 0) is 9.53 Å². The lowest BCUT2D eigenvalue weighted by Crippen LogP contribution is -2.41. The van der Waals surface area contributed by atoms with Gasteiger partial charge in [0.25, 0.3) is 5.91 Å². The van der Waals surface area contributed by atoms with Crippen molar-refractivity contribution in [2.24, 2.45) is 0 Å². The van der Waals surface area contributed by atoms with Crippen molar-refractivity contribution in [3.8, 4) is 5.75 Å². The predicted octanol–water partition coefficient (Wildman–Crippen LogP) is 0.00670. The normalized spacial score (nSPS) is 11.8. The number of carbonyl (C=O) groups is 2. The average molecular weight is 254 g/mol. The van der Waals surface area contributed by atoms with E-state index in [1.165, 1.54) is 19.4 Å². The van der Waals surface area contributed by atoms with Crippen LogP contribution in [0.15, 0.2) is 18.5 Å². The molecule has 18 heavy (non-hydrogen) atoms. The molecule has 0 aliphatic heterocycles. The van der Waals surface area contributed by atoms with Crippen molar-refractivity contribution in [3.63, 3.8) is 0 Å². The van der Waals surface area contributed by atoms with Crippen LogP contribution in [0.5, 0.6) is 5.75 Å². The van der Waals surface area contributed by atoms with Gasteiger partial charge in [0.05, 0.1) is 11.8 Å². The SMILES string of the molecule is COCCC(NC(=O)c1ccncc1O)C(=O)O. The Bertz CT molecular complexity index is 435. The zero-order valence-corrected chi connectivity index (χ0v) is 9.79. The van der Waals surface area contributed by atoms with Crippen molar-refractivity contribution in [3.05, 3.63) is 24.0 Å². The Balaban J connectivity index is 2.72. The van der Waals surface area contributed by atoms with Crippen LogP contribution in [0.4, 0.5) is 0 Å². The van der Waals surface area contributed by atoms with Gasteiger partial charge >= 0.3 is 5.97 Å². The molecule has 0 aromatic carbocycles. The highest BCUT2D eigenvalue weighted by Gasteiger charge is 2.21. The van der Waals surface area contributed by atoms with E-state index in [4.69, 9.17) is 9.84 Å². The molecule has 1 amide bonds. The summed E-state index contributed by atoms with van der Waals surface area (Å²) in [5.41, 5.74) is -0.0198. The Morgan fingerprint density at radius 1 is 1.56 bits per heavy atom. The van der Waals surface area contributed by atoms with Crippen molar-refractivity contribution < 1.29 is 24.5 Å². The van der Waals surface area contributed by atoms with Crippen molar-refractivity contribution >= 4 is 11.9 Å². The summed E-state index contributed by atoms with van der Waals surface area (Å²) in [6.45, 7) is 0.208. The average Bonchev–Trinajstić information content (AvgIpc) is 2.34. The third-order valence-corrected chi connectivity index (χ3v) is 2.26. The fourth-order valence-electron chi connectivity index (χ4n) is 1.31. The van der Waals surface area contributed by atoms with Crippen molar-refractivity contribution in [2.45, 2.75) is 12.5 Å². The number of nitrogens with one attached hydrogen (secondary N) is 1. The van der Waals surface area contributed by atoms with Crippen molar-refractivity contribution in [2.75, 3.05) is 13.7 Å². The Labute approximate surface area is 103 Å². The molecule has 1 rings (SSSR count). The van der Waals surface area contributed by atoms with E-state index >= 15 is 0 Å². The lowest BCUT2D eigenvalue weighted by Gasteiger charge is -2.14. The number of carbonyl (C=O) groups excluding carboxylic acids is 1. The number of nitrogens with zero attached hydrogens (tertiary/aromatic N) is 1. The number of hydrogen-bond donors (Lipinski definition) is 3. The van der Waals surface area contributed by atoms with Gasteiger partial charge in [0, 0.05) is 26.3 Å². The highest BCUT2D eigenvalue weighted by molar-refractivity contribution is 5.98. The number of methoxy groups -OCH3 is 1. The molecule has 0 aliphatic rings. The maximum absolute atomic E-state index is 11.7. The van der Waals surface area contributed by atoms with Gasteiger partial charge in [-0.25, -0.2) is 4.79 Å². The summed E-state index contributed by atoms with van der Waals surface area (Å²) in [5.74, 6) is -2.13. The van der Waals surface area contributed by atoms with Crippen LogP contribution >= 0.6 is 0 Å². The molecular weight excluding hydrogens is 240 g/mol. The second-order valence-corrected chi connectivity index (χ2v) is 3.54. The molecule has 0 fully saturated rings. The van der Waals surface area contributed by atoms with E-state index in [2.05, 4.69) is 10.3 Å². The van der Waals surface area contributed by atoms with E-state index in [1.54, 1.807) is 0 Å². The number of carboxylic acids is 1. The van der Waals surface area contributed by atoms with Gasteiger partial charge < -0.3 is 20.3 Å². The van der Waals surface area contributed by atoms with Gasteiger partial charge in [-0.15, -0.1) is 0 Å². The summed E-state index contributed by atoms with van der Waals surface area (Å²) in [6.07, 6.45) is 2.59. The maximum atomic E-state index is 11.7. The first-order valence-electron chi connectivity index (χ1n) is 5.22. The molecule has 1 atom stereocenters. The number of aromatic hydroxyl groups is 1. The minimum absolute atomic E-state index is 0.0198. The first-order chi connectivity index (χ1) is 8.56. The molecule has 0 bridgehead atoms. The molecule has 0 spiro atoms. The monoisotopic (exact) mass is 254 g/mol. The first kappa shape index (κ1) is 13.9. The summed E-state index contributed by atoms with van der Waals surface area (Å²) >= 11 is 0. The Kier molecular flexibility index (Phi) is 5.06. The standard InChI is InChI=1S/C11H14N2O5/c1-18-5-3-8(11(16)17)13-10(15)7-2-4-12-6-9(7)14/h2,4,6,8,14H,3,5H2,1H3,(H,13,15)(H,16,17). The van der Waals surface area contributed by atoms with Crippen LogP contribution in [0.3, 0.4) is 0 Å². The van der Waals surface area contributed by atoms with Crippen molar-refractivity contribution in [1.82, 2.24) is 10.3 Å². The van der Waals surface area contributed by atoms with Crippen LogP contribution in [0.1, 0.15) is 16.8 Å². The Hall–Kier alpha value is -2.15. The zero-order chi connectivity index (χ0) is 13.5. The van der Waals surface area contributed by atoms with Gasteiger partial charge in [-0.2, -0.15) is 0 Å². The second kappa shape index (κ2) is 6.55. The van der Waals surface area contributed by atoms with Gasteiger partial charge in [0.2, 0.25) is 0 Å². The number of amides is 1. The third-order valence-electron chi connectivity index (χ3n) is 2.26. The largest absolute Gasteiger partial charge is 0.505 e. The summed E-state index contributed by atoms with van der Waals surface area (Å²) in [4.78, 5) is 26.3. The molecule has 7 heteroatoms. The zero-order valence-electron chi connectivity index (χ0n) is 9.79. The Morgan fingerprint density at radius 2 is 2.28 bits per heavy atom. The van der Waals surface area contributed by atoms with E-state index in [0.29, 0.717) is 0 Å². The minimum Gasteiger partial charge on any atom is -0.505 e. The van der Waals surface area contributed by atoms with Gasteiger partial charge in [-0.05, 0) is 6.07 Å². The van der Waals surface area contributed by atoms with Crippen LogP contribution in [0.2, 0.25) is 0 Å². The number of aliphatic carboxylic acids is 1. The summed E-state index contributed by atoms with van der Waals surface area (Å²) < 4.78 is 4.76. The van der Waals surface area contributed by atoms with Crippen LogP contribution in [0, 0.1) is 0 Å². The summed E-state index contributed by atoms with van der Waals surface area (Å²) in [5, 5.41) is 20.6. The molecule has 7 nitrogen and oxygen atoms in total. The predicted molar refractivity (Wildman–Crippen MR) is 61.3 cm³/mol. The summed E-state index contributed by atoms with van der Waals surface area (Å²) in [7, 11) is 1.44. The fourth-order valence-corrected chi connectivity index (χ4v) is 1.31. The quantitative estimate of drug-likeness (QED) is 0.659. The highest BCUT2D eigenvalue weighted by atomic mass is 16.5. The minimum atomic E-state index is -1.16. The second-order valence-electron chi connectivity index (χ2n) is 3.54. The highest BCUT2D eigenvalue weighted by Crippen LogP contribution is 2.13. The Morgan fingerprint density at radius 3 is 2.83 bits per heavy atom. The first-order valence-corrected chi connectivity index (χ1v) is 5.22. The topological polar surface area (TPSA) is 109 Å². The molecule has 1 aromatic rings. The van der Waals surface area contributed by atoms with E-state index in [0.717, 1.165) is 6.20 Å². The lowest BCUT2D eigenvalue weighted by molar-refractivity contribution is -0.139. The van der Waals surface area contributed by atoms with Gasteiger partial charge in [0.15, 0.2) is 0 Å². The molecule has 1 heterocycles. The molecule has 0 aliphatic carbocycles. The number of pyridine rings is 1. The smallest absolute Gasteiger partial charge is 0.326 e. The molecular formula is C11H14N2O5. The molecule has 98 valence electrons. The fraction of sp³-hybridized carbons (Fsp3) is 0.364. The third kappa shape index (κ3) is 3.70. The van der Waals surface area contributed by atoms with Crippen molar-refractivity contribution in [1.29, 1.82) is 0 Å². The molecule has 0 radical (unpaired) electrons. The molecule has 3 N–H and O–H groups in total. The molecule has 1 aromatic heterocycles. The van der Waals surface area contributed by atoms with E-state index in [1.807, 2.05) is 0 Å². The number of carboxylic acid groups (broad SMARTS) is 1. The number of aromatic nitrogens is 1. The molecule has 0 saturated heterocycles. The van der Waals surface area contributed by atoms with E-state index in [-0.39, 0.29) is 24.3 Å². The van der Waals surface area contributed by atoms with Gasteiger partial charge in [0.1, 0.15) is 11.8 Å². The van der Waals surface area contributed by atoms with Crippen LogP contribution in [0.25, 0.3) is 0 Å².